The molecule has 6 aliphatic rings. The molecule has 0 aromatic carbocycles. The Bertz CT molecular complexity index is 847. The average molecular weight is 477 g/mol. The third-order valence-corrected chi connectivity index (χ3v) is 11.7. The van der Waals surface area contributed by atoms with Crippen molar-refractivity contribution in [3.8, 4) is 0 Å². The van der Waals surface area contributed by atoms with Crippen LogP contribution >= 0.6 is 11.6 Å². The van der Waals surface area contributed by atoms with Crippen LogP contribution in [-0.4, -0.2) is 30.0 Å². The van der Waals surface area contributed by atoms with Gasteiger partial charge in [0.25, 0.3) is 0 Å². The minimum absolute atomic E-state index is 0.0470. The molecule has 0 aromatic rings. The Morgan fingerprint density at radius 1 is 1.12 bits per heavy atom. The van der Waals surface area contributed by atoms with E-state index < -0.39 is 5.43 Å². The van der Waals surface area contributed by atoms with Crippen LogP contribution in [0.2, 0.25) is 0 Å². The summed E-state index contributed by atoms with van der Waals surface area (Å²) < 4.78 is 18.7. The summed E-state index contributed by atoms with van der Waals surface area (Å²) in [4.78, 5) is 11.3. The molecule has 2 saturated heterocycles. The number of hydrogen-bond acceptors (Lipinski definition) is 4. The molecule has 2 heterocycles. The minimum Gasteiger partial charge on any atom is -0.450 e. The normalized spacial score (nSPS) is 55.2. The lowest BCUT2D eigenvalue weighted by atomic mass is 9.47. The number of carbonyl (C=O) groups is 1. The maximum atomic E-state index is 11.3. The SMILES string of the molecule is C[C@@H]1CC[C@@]2(OC1)O[C@H]1CC3C4CC=C5C[C@@H](OC(=O)Cl)CC[C@]5(C)C4CC[C@]3(C)[C@H]1[C@@H]2C. The number of allylic oxidation sites excluding steroid dienone is 1. The van der Waals surface area contributed by atoms with Crippen LogP contribution in [0.25, 0.3) is 0 Å². The highest BCUT2D eigenvalue weighted by molar-refractivity contribution is 6.61. The first-order valence-corrected chi connectivity index (χ1v) is 13.9. The van der Waals surface area contributed by atoms with Crippen LogP contribution in [0.1, 0.15) is 85.5 Å². The van der Waals surface area contributed by atoms with E-state index in [1.54, 1.807) is 0 Å². The predicted octanol–water partition coefficient (Wildman–Crippen LogP) is 7.10. The van der Waals surface area contributed by atoms with Gasteiger partial charge in [0.1, 0.15) is 6.10 Å². The smallest absolute Gasteiger partial charge is 0.404 e. The summed E-state index contributed by atoms with van der Waals surface area (Å²) in [5.41, 5.74) is 1.46. The molecule has 1 spiro atoms. The van der Waals surface area contributed by atoms with Gasteiger partial charge in [-0.05, 0) is 85.4 Å². The van der Waals surface area contributed by atoms with Crippen LogP contribution in [-0.2, 0) is 14.2 Å². The van der Waals surface area contributed by atoms with Crippen molar-refractivity contribution < 1.29 is 19.0 Å². The van der Waals surface area contributed by atoms with Gasteiger partial charge >= 0.3 is 5.43 Å². The molecule has 0 N–H and O–H groups in total. The average Bonchev–Trinajstić information content (AvgIpc) is 3.21. The van der Waals surface area contributed by atoms with Crippen molar-refractivity contribution in [2.45, 2.75) is 103 Å². The molecule has 4 aliphatic carbocycles. The lowest BCUT2D eigenvalue weighted by molar-refractivity contribution is -0.272. The number of ether oxygens (including phenoxy) is 3. The second-order valence-corrected chi connectivity index (χ2v) is 13.3. The van der Waals surface area contributed by atoms with Crippen LogP contribution in [0.3, 0.4) is 0 Å². The summed E-state index contributed by atoms with van der Waals surface area (Å²) in [6.07, 6.45) is 13.0. The third kappa shape index (κ3) is 3.25. The van der Waals surface area contributed by atoms with E-state index in [1.807, 2.05) is 0 Å². The first kappa shape index (κ1) is 22.9. The largest absolute Gasteiger partial charge is 0.450 e. The lowest BCUT2D eigenvalue weighted by Gasteiger charge is -2.58. The topological polar surface area (TPSA) is 44.8 Å². The summed E-state index contributed by atoms with van der Waals surface area (Å²) in [5.74, 6) is 3.64. The first-order chi connectivity index (χ1) is 15.7. The van der Waals surface area contributed by atoms with Gasteiger partial charge in [0.2, 0.25) is 0 Å². The predicted molar refractivity (Wildman–Crippen MR) is 128 cm³/mol. The van der Waals surface area contributed by atoms with E-state index in [0.29, 0.717) is 29.3 Å². The first-order valence-electron chi connectivity index (χ1n) is 13.5. The monoisotopic (exact) mass is 476 g/mol. The molecule has 33 heavy (non-hydrogen) atoms. The molecule has 2 aliphatic heterocycles. The van der Waals surface area contributed by atoms with E-state index >= 15 is 0 Å². The number of carbonyl (C=O) groups excluding carboxylic acids is 1. The van der Waals surface area contributed by atoms with Crippen LogP contribution in [0.4, 0.5) is 4.79 Å². The molecule has 0 aromatic heterocycles. The number of fused-ring (bicyclic) bond motifs is 7. The Morgan fingerprint density at radius 2 is 1.94 bits per heavy atom. The Hall–Kier alpha value is -0.580. The second-order valence-electron chi connectivity index (χ2n) is 13.0. The van der Waals surface area contributed by atoms with Crippen LogP contribution in [0.5, 0.6) is 0 Å². The summed E-state index contributed by atoms with van der Waals surface area (Å²) in [6, 6.07) is 0. The minimum atomic E-state index is -0.660. The molecule has 3 unspecified atom stereocenters. The zero-order valence-corrected chi connectivity index (χ0v) is 21.5. The van der Waals surface area contributed by atoms with Gasteiger partial charge in [-0.3, -0.25) is 0 Å². The molecule has 11 atom stereocenters. The van der Waals surface area contributed by atoms with Crippen molar-refractivity contribution in [1.29, 1.82) is 0 Å². The fourth-order valence-corrected chi connectivity index (χ4v) is 10.0. The van der Waals surface area contributed by atoms with Gasteiger partial charge in [-0.2, -0.15) is 0 Å². The maximum Gasteiger partial charge on any atom is 0.404 e. The molecule has 6 rings (SSSR count). The Morgan fingerprint density at radius 3 is 2.67 bits per heavy atom. The number of halogens is 1. The Kier molecular flexibility index (Phi) is 5.34. The van der Waals surface area contributed by atoms with E-state index in [0.717, 1.165) is 50.0 Å². The zero-order valence-electron chi connectivity index (χ0n) is 20.8. The van der Waals surface area contributed by atoms with E-state index in [2.05, 4.69) is 33.8 Å². The van der Waals surface area contributed by atoms with Crippen LogP contribution < -0.4 is 0 Å². The van der Waals surface area contributed by atoms with Crippen molar-refractivity contribution in [3.63, 3.8) is 0 Å². The quantitative estimate of drug-likeness (QED) is 0.299. The molecule has 0 radical (unpaired) electrons. The highest BCUT2D eigenvalue weighted by Crippen LogP contribution is 2.70. The molecular weight excluding hydrogens is 436 g/mol. The molecule has 4 nitrogen and oxygen atoms in total. The van der Waals surface area contributed by atoms with Gasteiger partial charge in [0.15, 0.2) is 5.79 Å². The fraction of sp³-hybridized carbons (Fsp3) is 0.893. The van der Waals surface area contributed by atoms with E-state index in [1.165, 1.54) is 37.7 Å². The van der Waals surface area contributed by atoms with Crippen molar-refractivity contribution in [2.75, 3.05) is 6.61 Å². The molecule has 0 amide bonds. The summed E-state index contributed by atoms with van der Waals surface area (Å²) >= 11 is 5.53. The van der Waals surface area contributed by atoms with Crippen molar-refractivity contribution >= 4 is 17.0 Å². The van der Waals surface area contributed by atoms with E-state index in [-0.39, 0.29) is 17.3 Å². The van der Waals surface area contributed by atoms with E-state index in [9.17, 15) is 4.79 Å². The highest BCUT2D eigenvalue weighted by atomic mass is 35.5. The molecule has 5 fully saturated rings. The van der Waals surface area contributed by atoms with E-state index in [4.69, 9.17) is 25.8 Å². The van der Waals surface area contributed by atoms with Gasteiger partial charge in [-0.15, -0.1) is 0 Å². The summed E-state index contributed by atoms with van der Waals surface area (Å²) in [7, 11) is 0. The molecule has 184 valence electrons. The van der Waals surface area contributed by atoms with Gasteiger partial charge < -0.3 is 14.2 Å². The molecule has 5 heteroatoms. The third-order valence-electron chi connectivity index (χ3n) is 11.6. The summed E-state index contributed by atoms with van der Waals surface area (Å²) in [5, 5.41) is 0. The number of hydrogen-bond donors (Lipinski definition) is 0. The highest BCUT2D eigenvalue weighted by Gasteiger charge is 2.68. The van der Waals surface area contributed by atoms with Gasteiger partial charge in [0.05, 0.1) is 12.7 Å². The van der Waals surface area contributed by atoms with Crippen LogP contribution in [0, 0.1) is 46.3 Å². The second kappa shape index (κ2) is 7.71. The summed E-state index contributed by atoms with van der Waals surface area (Å²) in [6.45, 7) is 10.7. The van der Waals surface area contributed by atoms with Crippen molar-refractivity contribution in [3.05, 3.63) is 11.6 Å². The molecular formula is C28H41ClO4. The maximum absolute atomic E-state index is 11.3. The van der Waals surface area contributed by atoms with Gasteiger partial charge in [-0.25, -0.2) is 4.79 Å². The van der Waals surface area contributed by atoms with Crippen molar-refractivity contribution in [2.24, 2.45) is 46.3 Å². The van der Waals surface area contributed by atoms with Gasteiger partial charge in [-0.1, -0.05) is 39.3 Å². The standard InChI is InChI=1S/C28H41ClO4/c1-16-7-12-28(31-15-16)17(2)24-23(33-28)14-22-20-6-5-18-13-19(32-25(29)30)8-10-26(18,3)21(20)9-11-27(22,24)4/h5,16-17,19-24H,6-15H2,1-4H3/t16-,17+,19+,20?,21?,22?,23+,24+,26+,27+,28-/m1/s1. The number of rotatable bonds is 1. The Labute approximate surface area is 204 Å². The molecule has 0 bridgehead atoms. The fourth-order valence-electron chi connectivity index (χ4n) is 9.88. The van der Waals surface area contributed by atoms with Crippen LogP contribution in [0.15, 0.2) is 11.6 Å². The Balaban J connectivity index is 1.24. The zero-order chi connectivity index (χ0) is 23.2. The van der Waals surface area contributed by atoms with Crippen molar-refractivity contribution in [1.82, 2.24) is 0 Å². The molecule has 3 saturated carbocycles. The lowest BCUT2D eigenvalue weighted by Crippen LogP contribution is -2.52. The van der Waals surface area contributed by atoms with Gasteiger partial charge in [0, 0.05) is 30.4 Å².